The van der Waals surface area contributed by atoms with Crippen molar-refractivity contribution in [3.8, 4) is 23.0 Å². The minimum atomic E-state index is -0.223. The monoisotopic (exact) mass is 357 g/mol. The van der Waals surface area contributed by atoms with E-state index in [9.17, 15) is 4.79 Å². The molecule has 0 spiro atoms. The summed E-state index contributed by atoms with van der Waals surface area (Å²) in [5, 5.41) is 8.85. The largest absolute Gasteiger partial charge is 0.376 e. The molecule has 1 aliphatic heterocycles. The lowest BCUT2D eigenvalue weighted by Crippen LogP contribution is -2.31. The van der Waals surface area contributed by atoms with Crippen LogP contribution >= 0.6 is 11.3 Å². The van der Waals surface area contributed by atoms with Crippen molar-refractivity contribution in [1.29, 1.82) is 0 Å². The van der Waals surface area contributed by atoms with E-state index in [1.54, 1.807) is 23.8 Å². The number of aromatic nitrogens is 4. The van der Waals surface area contributed by atoms with Gasteiger partial charge in [0, 0.05) is 36.5 Å². The molecule has 1 amide bonds. The summed E-state index contributed by atoms with van der Waals surface area (Å²) in [7, 11) is 0. The molecule has 8 nitrogen and oxygen atoms in total. The van der Waals surface area contributed by atoms with Gasteiger partial charge < -0.3 is 14.6 Å². The van der Waals surface area contributed by atoms with Gasteiger partial charge in [-0.15, -0.1) is 11.3 Å². The highest BCUT2D eigenvalue weighted by atomic mass is 32.1. The molecule has 1 aliphatic rings. The van der Waals surface area contributed by atoms with Crippen LogP contribution in [0.1, 0.15) is 22.6 Å². The van der Waals surface area contributed by atoms with Crippen LogP contribution in [0.2, 0.25) is 0 Å². The number of hydrogen-bond donors (Lipinski definition) is 1. The third-order valence-electron chi connectivity index (χ3n) is 3.78. The fraction of sp³-hybridized carbons (Fsp3) is 0.312. The number of carbonyl (C=O) groups excluding carboxylic acids is 1. The summed E-state index contributed by atoms with van der Waals surface area (Å²) in [6.07, 6.45) is 5.44. The minimum Gasteiger partial charge on any atom is -0.376 e. The Balaban J connectivity index is 1.44. The average molecular weight is 357 g/mol. The molecule has 25 heavy (non-hydrogen) atoms. The van der Waals surface area contributed by atoms with Crippen LogP contribution in [0.25, 0.3) is 23.0 Å². The van der Waals surface area contributed by atoms with Crippen molar-refractivity contribution in [2.45, 2.75) is 18.9 Å². The fourth-order valence-electron chi connectivity index (χ4n) is 2.50. The van der Waals surface area contributed by atoms with Crippen molar-refractivity contribution in [1.82, 2.24) is 25.4 Å². The first-order valence-electron chi connectivity index (χ1n) is 7.89. The molecule has 1 saturated heterocycles. The summed E-state index contributed by atoms with van der Waals surface area (Å²) in [6, 6.07) is 3.64. The van der Waals surface area contributed by atoms with Crippen molar-refractivity contribution in [2.75, 3.05) is 13.2 Å². The Morgan fingerprint density at radius 1 is 1.40 bits per heavy atom. The number of amides is 1. The number of carbonyl (C=O) groups is 1. The lowest BCUT2D eigenvalue weighted by atomic mass is 10.2. The minimum absolute atomic E-state index is 0.0985. The summed E-state index contributed by atoms with van der Waals surface area (Å²) in [6.45, 7) is 1.26. The molecule has 0 aromatic carbocycles. The van der Waals surface area contributed by atoms with E-state index in [2.05, 4.69) is 25.4 Å². The van der Waals surface area contributed by atoms with Crippen molar-refractivity contribution in [3.05, 3.63) is 34.9 Å². The highest BCUT2D eigenvalue weighted by Gasteiger charge is 2.20. The van der Waals surface area contributed by atoms with Gasteiger partial charge in [0.1, 0.15) is 5.69 Å². The third-order valence-corrected chi connectivity index (χ3v) is 4.62. The van der Waals surface area contributed by atoms with Crippen LogP contribution in [-0.2, 0) is 4.74 Å². The summed E-state index contributed by atoms with van der Waals surface area (Å²) < 4.78 is 10.7. The standard InChI is InChI=1S/C16H15N5O3S/c22-14(18-8-11-4-2-6-23-11)16-19-12(9-25-16)15-20-13(21-24-15)10-3-1-5-17-7-10/h1,3,5,7,9,11H,2,4,6,8H2,(H,18,22)/t11-/m0/s1. The van der Waals surface area contributed by atoms with Gasteiger partial charge in [0.2, 0.25) is 5.82 Å². The second-order valence-corrected chi connectivity index (χ2v) is 6.41. The van der Waals surface area contributed by atoms with Gasteiger partial charge in [0.25, 0.3) is 11.8 Å². The maximum Gasteiger partial charge on any atom is 0.280 e. The first-order chi connectivity index (χ1) is 12.3. The Morgan fingerprint density at radius 2 is 2.36 bits per heavy atom. The number of nitrogens with zero attached hydrogens (tertiary/aromatic N) is 4. The summed E-state index contributed by atoms with van der Waals surface area (Å²) in [5.74, 6) is 0.479. The molecule has 128 valence electrons. The van der Waals surface area contributed by atoms with E-state index < -0.39 is 0 Å². The number of hydrogen-bond acceptors (Lipinski definition) is 8. The molecule has 9 heteroatoms. The SMILES string of the molecule is O=C(NC[C@@H]1CCCO1)c1nc(-c2nc(-c3cccnc3)no2)cs1. The molecule has 1 atom stereocenters. The molecule has 0 bridgehead atoms. The van der Waals surface area contributed by atoms with Gasteiger partial charge in [-0.2, -0.15) is 4.98 Å². The normalized spacial score (nSPS) is 16.9. The van der Waals surface area contributed by atoms with Crippen molar-refractivity contribution in [3.63, 3.8) is 0 Å². The predicted molar refractivity (Wildman–Crippen MR) is 89.9 cm³/mol. The summed E-state index contributed by atoms with van der Waals surface area (Å²) >= 11 is 1.24. The first-order valence-corrected chi connectivity index (χ1v) is 8.77. The van der Waals surface area contributed by atoms with E-state index in [1.165, 1.54) is 11.3 Å². The second kappa shape index (κ2) is 7.08. The van der Waals surface area contributed by atoms with Gasteiger partial charge in [0.05, 0.1) is 6.10 Å². The van der Waals surface area contributed by atoms with E-state index >= 15 is 0 Å². The number of nitrogens with one attached hydrogen (secondary N) is 1. The predicted octanol–water partition coefficient (Wildman–Crippen LogP) is 2.16. The van der Waals surface area contributed by atoms with E-state index in [-0.39, 0.29) is 17.9 Å². The van der Waals surface area contributed by atoms with Crippen molar-refractivity contribution < 1.29 is 14.1 Å². The van der Waals surface area contributed by atoms with Gasteiger partial charge in [0.15, 0.2) is 5.01 Å². The molecule has 0 saturated carbocycles. The van der Waals surface area contributed by atoms with Crippen LogP contribution < -0.4 is 5.32 Å². The molecule has 1 fully saturated rings. The Morgan fingerprint density at radius 3 is 3.16 bits per heavy atom. The van der Waals surface area contributed by atoms with Crippen LogP contribution in [0.5, 0.6) is 0 Å². The summed E-state index contributed by atoms with van der Waals surface area (Å²) in [4.78, 5) is 24.8. The topological polar surface area (TPSA) is 103 Å². The van der Waals surface area contributed by atoms with Crippen molar-refractivity contribution in [2.24, 2.45) is 0 Å². The number of pyridine rings is 1. The van der Waals surface area contributed by atoms with Gasteiger partial charge in [-0.1, -0.05) is 5.16 Å². The Labute approximate surface area is 147 Å². The van der Waals surface area contributed by atoms with E-state index in [0.29, 0.717) is 23.1 Å². The van der Waals surface area contributed by atoms with E-state index in [1.807, 2.05) is 6.07 Å². The molecule has 3 aromatic heterocycles. The lowest BCUT2D eigenvalue weighted by molar-refractivity contribution is 0.0857. The van der Waals surface area contributed by atoms with Crippen molar-refractivity contribution >= 4 is 17.2 Å². The van der Waals surface area contributed by atoms with E-state index in [0.717, 1.165) is 25.0 Å². The molecule has 1 N–H and O–H groups in total. The smallest absolute Gasteiger partial charge is 0.280 e. The highest BCUT2D eigenvalue weighted by molar-refractivity contribution is 7.12. The van der Waals surface area contributed by atoms with Gasteiger partial charge in [-0.05, 0) is 25.0 Å². The number of thiazole rings is 1. The molecule has 0 aliphatic carbocycles. The fourth-order valence-corrected chi connectivity index (χ4v) is 3.21. The zero-order valence-corrected chi connectivity index (χ0v) is 14.0. The molecule has 0 unspecified atom stereocenters. The van der Waals surface area contributed by atoms with Crippen LogP contribution in [0.15, 0.2) is 34.4 Å². The zero-order chi connectivity index (χ0) is 17.1. The number of rotatable bonds is 5. The quantitative estimate of drug-likeness (QED) is 0.746. The van der Waals surface area contributed by atoms with Crippen LogP contribution in [0.4, 0.5) is 0 Å². The molecular formula is C16H15N5O3S. The first kappa shape index (κ1) is 15.9. The van der Waals surface area contributed by atoms with Crippen LogP contribution in [0, 0.1) is 0 Å². The zero-order valence-electron chi connectivity index (χ0n) is 13.2. The Kier molecular flexibility index (Phi) is 4.49. The molecule has 3 aromatic rings. The lowest BCUT2D eigenvalue weighted by Gasteiger charge is -2.09. The van der Waals surface area contributed by atoms with Gasteiger partial charge >= 0.3 is 0 Å². The van der Waals surface area contributed by atoms with Gasteiger partial charge in [-0.3, -0.25) is 9.78 Å². The summed E-state index contributed by atoms with van der Waals surface area (Å²) in [5.41, 5.74) is 1.23. The van der Waals surface area contributed by atoms with E-state index in [4.69, 9.17) is 9.26 Å². The average Bonchev–Trinajstić information content (AvgIpc) is 3.41. The highest BCUT2D eigenvalue weighted by Crippen LogP contribution is 2.23. The molecule has 4 heterocycles. The molecule has 0 radical (unpaired) electrons. The van der Waals surface area contributed by atoms with Crippen LogP contribution in [0.3, 0.4) is 0 Å². The maximum absolute atomic E-state index is 12.2. The Bertz CT molecular complexity index is 858. The van der Waals surface area contributed by atoms with Gasteiger partial charge in [-0.25, -0.2) is 4.98 Å². The number of ether oxygens (including phenoxy) is 1. The maximum atomic E-state index is 12.2. The molecular weight excluding hydrogens is 342 g/mol. The second-order valence-electron chi connectivity index (χ2n) is 5.55. The van der Waals surface area contributed by atoms with Crippen LogP contribution in [-0.4, -0.2) is 45.3 Å². The Hall–Kier alpha value is -2.65. The molecule has 4 rings (SSSR count). The third kappa shape index (κ3) is 3.57.